The maximum absolute atomic E-state index is 12.4. The molecule has 1 saturated carbocycles. The van der Waals surface area contributed by atoms with Crippen LogP contribution in [0, 0.1) is 0 Å². The Morgan fingerprint density at radius 3 is 2.60 bits per heavy atom. The van der Waals surface area contributed by atoms with Gasteiger partial charge in [-0.05, 0) is 43.0 Å². The van der Waals surface area contributed by atoms with Crippen LogP contribution in [0.1, 0.15) is 30.4 Å². The van der Waals surface area contributed by atoms with Crippen LogP contribution in [0.2, 0.25) is 0 Å². The van der Waals surface area contributed by atoms with Crippen molar-refractivity contribution in [2.24, 2.45) is 5.73 Å². The molecule has 0 aromatic heterocycles. The minimum atomic E-state index is -2.50. The fraction of sp³-hybridized carbons (Fsp3) is 0.455. The van der Waals surface area contributed by atoms with Crippen molar-refractivity contribution >= 4 is 0 Å². The monoisotopic (exact) mass is 213 g/mol. The van der Waals surface area contributed by atoms with Gasteiger partial charge in [0.25, 0.3) is 6.43 Å². The van der Waals surface area contributed by atoms with E-state index in [4.69, 9.17) is 5.73 Å². The zero-order valence-electron chi connectivity index (χ0n) is 8.21. The molecule has 82 valence electrons. The van der Waals surface area contributed by atoms with Gasteiger partial charge in [-0.25, -0.2) is 8.78 Å². The second-order valence-corrected chi connectivity index (χ2v) is 4.23. The molecule has 3 N–H and O–H groups in total. The van der Waals surface area contributed by atoms with Crippen LogP contribution in [-0.4, -0.2) is 10.6 Å². The smallest absolute Gasteiger partial charge is 0.263 e. The van der Waals surface area contributed by atoms with Crippen molar-refractivity contribution in [2.45, 2.75) is 31.2 Å². The van der Waals surface area contributed by atoms with Gasteiger partial charge >= 0.3 is 0 Å². The van der Waals surface area contributed by atoms with Gasteiger partial charge in [0.2, 0.25) is 0 Å². The summed E-state index contributed by atoms with van der Waals surface area (Å²) in [5.41, 5.74) is 6.05. The van der Waals surface area contributed by atoms with Gasteiger partial charge in [0.15, 0.2) is 0 Å². The number of benzene rings is 1. The normalized spacial score (nSPS) is 18.1. The molecule has 1 aliphatic carbocycles. The topological polar surface area (TPSA) is 46.2 Å². The number of hydrogen-bond acceptors (Lipinski definition) is 2. The molecule has 0 atom stereocenters. The van der Waals surface area contributed by atoms with Crippen LogP contribution < -0.4 is 5.73 Å². The number of phenolic OH excluding ortho intramolecular Hbond substituents is 1. The van der Waals surface area contributed by atoms with E-state index in [0.717, 1.165) is 12.8 Å². The van der Waals surface area contributed by atoms with Gasteiger partial charge in [0.1, 0.15) is 5.75 Å². The largest absolute Gasteiger partial charge is 0.508 e. The lowest BCUT2D eigenvalue weighted by Gasteiger charge is -2.11. The molecule has 0 spiro atoms. The second-order valence-electron chi connectivity index (χ2n) is 4.23. The summed E-state index contributed by atoms with van der Waals surface area (Å²) in [7, 11) is 0. The molecule has 0 saturated heterocycles. The Labute approximate surface area is 86.7 Å². The average molecular weight is 213 g/mol. The maximum atomic E-state index is 12.4. The molecule has 0 radical (unpaired) electrons. The van der Waals surface area contributed by atoms with E-state index in [1.165, 1.54) is 18.2 Å². The zero-order chi connectivity index (χ0) is 11.1. The lowest BCUT2D eigenvalue weighted by molar-refractivity contribution is 0.151. The highest BCUT2D eigenvalue weighted by Crippen LogP contribution is 2.38. The predicted octanol–water partition coefficient (Wildman–Crippen LogP) is 2.36. The molecule has 0 bridgehead atoms. The van der Waals surface area contributed by atoms with Crippen LogP contribution in [-0.2, 0) is 6.42 Å². The van der Waals surface area contributed by atoms with Crippen molar-refractivity contribution < 1.29 is 13.9 Å². The number of halogens is 2. The number of aromatic hydroxyl groups is 1. The first-order valence-corrected chi connectivity index (χ1v) is 4.89. The third-order valence-electron chi connectivity index (χ3n) is 2.79. The van der Waals surface area contributed by atoms with Gasteiger partial charge < -0.3 is 10.8 Å². The zero-order valence-corrected chi connectivity index (χ0v) is 8.21. The molecule has 0 heterocycles. The van der Waals surface area contributed by atoms with Crippen molar-refractivity contribution in [3.8, 4) is 5.75 Å². The summed E-state index contributed by atoms with van der Waals surface area (Å²) >= 11 is 0. The molecule has 1 fully saturated rings. The van der Waals surface area contributed by atoms with E-state index in [1.807, 2.05) is 0 Å². The summed E-state index contributed by atoms with van der Waals surface area (Å²) in [6.45, 7) is 0. The molecule has 2 nitrogen and oxygen atoms in total. The quantitative estimate of drug-likeness (QED) is 0.809. The summed E-state index contributed by atoms with van der Waals surface area (Å²) in [5, 5.41) is 9.51. The average Bonchev–Trinajstić information content (AvgIpc) is 2.87. The Morgan fingerprint density at radius 2 is 2.07 bits per heavy atom. The van der Waals surface area contributed by atoms with E-state index in [2.05, 4.69) is 0 Å². The third-order valence-corrected chi connectivity index (χ3v) is 2.79. The van der Waals surface area contributed by atoms with Gasteiger partial charge in [0.05, 0.1) is 0 Å². The summed E-state index contributed by atoms with van der Waals surface area (Å²) in [6.07, 6.45) is -0.243. The van der Waals surface area contributed by atoms with Crippen molar-refractivity contribution in [1.82, 2.24) is 0 Å². The minimum absolute atomic E-state index is 0.0520. The third kappa shape index (κ3) is 2.26. The number of alkyl halides is 2. The lowest BCUT2D eigenvalue weighted by Crippen LogP contribution is -2.24. The van der Waals surface area contributed by atoms with E-state index in [1.54, 1.807) is 0 Å². The van der Waals surface area contributed by atoms with Crippen molar-refractivity contribution in [3.05, 3.63) is 29.3 Å². The van der Waals surface area contributed by atoms with Crippen molar-refractivity contribution in [3.63, 3.8) is 0 Å². The fourth-order valence-electron chi connectivity index (χ4n) is 1.60. The maximum Gasteiger partial charge on any atom is 0.263 e. The molecule has 0 unspecified atom stereocenters. The number of rotatable bonds is 3. The standard InChI is InChI=1S/C11H13F2NO/c12-10(13)7-1-2-9(15)8(5-7)6-11(14)3-4-11/h1-2,5,10,15H,3-4,6,14H2. The minimum Gasteiger partial charge on any atom is -0.508 e. The van der Waals surface area contributed by atoms with Gasteiger partial charge in [-0.15, -0.1) is 0 Å². The van der Waals surface area contributed by atoms with Crippen LogP contribution in [0.3, 0.4) is 0 Å². The Hall–Kier alpha value is -1.16. The Morgan fingerprint density at radius 1 is 1.40 bits per heavy atom. The second kappa shape index (κ2) is 3.45. The van der Waals surface area contributed by atoms with E-state index >= 15 is 0 Å². The summed E-state index contributed by atoms with van der Waals surface area (Å²) in [6, 6.07) is 3.88. The molecule has 2 rings (SSSR count). The number of phenols is 1. The predicted molar refractivity (Wildman–Crippen MR) is 52.9 cm³/mol. The highest BCUT2D eigenvalue weighted by Gasteiger charge is 2.38. The van der Waals surface area contributed by atoms with Crippen LogP contribution >= 0.6 is 0 Å². The van der Waals surface area contributed by atoms with E-state index in [0.29, 0.717) is 12.0 Å². The first-order chi connectivity index (χ1) is 7.00. The van der Waals surface area contributed by atoms with E-state index in [-0.39, 0.29) is 16.9 Å². The molecule has 1 aromatic rings. The highest BCUT2D eigenvalue weighted by atomic mass is 19.3. The van der Waals surface area contributed by atoms with E-state index in [9.17, 15) is 13.9 Å². The molecule has 15 heavy (non-hydrogen) atoms. The molecule has 0 amide bonds. The molecule has 1 aromatic carbocycles. The van der Waals surface area contributed by atoms with Crippen LogP contribution in [0.4, 0.5) is 8.78 Å². The molecule has 4 heteroatoms. The van der Waals surface area contributed by atoms with Crippen molar-refractivity contribution in [2.75, 3.05) is 0 Å². The molecular weight excluding hydrogens is 200 g/mol. The van der Waals surface area contributed by atoms with Crippen molar-refractivity contribution in [1.29, 1.82) is 0 Å². The Balaban J connectivity index is 2.24. The first kappa shape index (κ1) is 10.4. The van der Waals surface area contributed by atoms with Gasteiger partial charge in [-0.2, -0.15) is 0 Å². The summed E-state index contributed by atoms with van der Waals surface area (Å²) < 4.78 is 24.8. The van der Waals surface area contributed by atoms with Gasteiger partial charge in [-0.3, -0.25) is 0 Å². The fourth-order valence-corrected chi connectivity index (χ4v) is 1.60. The van der Waals surface area contributed by atoms with Gasteiger partial charge in [0, 0.05) is 11.1 Å². The highest BCUT2D eigenvalue weighted by molar-refractivity contribution is 5.38. The first-order valence-electron chi connectivity index (χ1n) is 4.89. The van der Waals surface area contributed by atoms with E-state index < -0.39 is 6.43 Å². The van der Waals surface area contributed by atoms with Crippen LogP contribution in [0.15, 0.2) is 18.2 Å². The van der Waals surface area contributed by atoms with Crippen LogP contribution in [0.5, 0.6) is 5.75 Å². The molecule has 1 aliphatic rings. The summed E-state index contributed by atoms with van der Waals surface area (Å²) in [4.78, 5) is 0. The number of hydrogen-bond donors (Lipinski definition) is 2. The summed E-state index contributed by atoms with van der Waals surface area (Å²) in [5.74, 6) is 0.0520. The SMILES string of the molecule is NC1(Cc2cc(C(F)F)ccc2O)CC1. The lowest BCUT2D eigenvalue weighted by atomic mass is 10.0. The Bertz CT molecular complexity index is 375. The molecular formula is C11H13F2NO. The Kier molecular flexibility index (Phi) is 2.38. The molecule has 0 aliphatic heterocycles. The number of nitrogens with two attached hydrogens (primary N) is 1. The van der Waals surface area contributed by atoms with Crippen LogP contribution in [0.25, 0.3) is 0 Å². The van der Waals surface area contributed by atoms with Gasteiger partial charge in [-0.1, -0.05) is 0 Å².